The van der Waals surface area contributed by atoms with Crippen molar-refractivity contribution in [2.75, 3.05) is 26.2 Å². The maximum Gasteiger partial charge on any atom is 0.307 e. The number of amides is 1. The molecule has 0 bridgehead atoms. The highest BCUT2D eigenvalue weighted by atomic mass is 16.4. The summed E-state index contributed by atoms with van der Waals surface area (Å²) < 4.78 is 0. The van der Waals surface area contributed by atoms with Gasteiger partial charge in [0.2, 0.25) is 5.91 Å². The summed E-state index contributed by atoms with van der Waals surface area (Å²) >= 11 is 0. The number of likely N-dealkylation sites (tertiary alicyclic amines) is 2. The van der Waals surface area contributed by atoms with Crippen LogP contribution in [0.5, 0.6) is 0 Å². The van der Waals surface area contributed by atoms with Gasteiger partial charge < -0.3 is 10.0 Å². The third-order valence-corrected chi connectivity index (χ3v) is 4.91. The second-order valence-electron chi connectivity index (χ2n) is 6.24. The molecule has 3 atom stereocenters. The first-order chi connectivity index (χ1) is 9.50. The Morgan fingerprint density at radius 2 is 1.70 bits per heavy atom. The highest BCUT2D eigenvalue weighted by Crippen LogP contribution is 2.23. The Hall–Kier alpha value is -1.10. The summed E-state index contributed by atoms with van der Waals surface area (Å²) in [6.45, 7) is 7.19. The Kier molecular flexibility index (Phi) is 5.02. The van der Waals surface area contributed by atoms with Crippen LogP contribution in [0.25, 0.3) is 0 Å². The molecule has 20 heavy (non-hydrogen) atoms. The topological polar surface area (TPSA) is 60.9 Å². The lowest BCUT2D eigenvalue weighted by atomic mass is 9.95. The van der Waals surface area contributed by atoms with Crippen molar-refractivity contribution in [2.24, 2.45) is 11.8 Å². The Labute approximate surface area is 120 Å². The Morgan fingerprint density at radius 3 is 2.30 bits per heavy atom. The van der Waals surface area contributed by atoms with Gasteiger partial charge in [-0.3, -0.25) is 14.5 Å². The molecule has 0 aromatic rings. The minimum absolute atomic E-state index is 0.000547. The van der Waals surface area contributed by atoms with Crippen LogP contribution in [0.1, 0.15) is 39.5 Å². The molecule has 2 aliphatic rings. The van der Waals surface area contributed by atoms with Crippen molar-refractivity contribution < 1.29 is 14.7 Å². The van der Waals surface area contributed by atoms with Gasteiger partial charge in [0.15, 0.2) is 0 Å². The maximum absolute atomic E-state index is 12.4. The van der Waals surface area contributed by atoms with Crippen LogP contribution in [0.15, 0.2) is 0 Å². The van der Waals surface area contributed by atoms with Crippen molar-refractivity contribution in [3.63, 3.8) is 0 Å². The van der Waals surface area contributed by atoms with Crippen LogP contribution >= 0.6 is 0 Å². The van der Waals surface area contributed by atoms with E-state index in [1.54, 1.807) is 13.8 Å². The van der Waals surface area contributed by atoms with Gasteiger partial charge in [-0.15, -0.1) is 0 Å². The number of hydrogen-bond donors (Lipinski definition) is 1. The van der Waals surface area contributed by atoms with Crippen molar-refractivity contribution in [3.8, 4) is 0 Å². The number of carbonyl (C=O) groups is 2. The van der Waals surface area contributed by atoms with Crippen molar-refractivity contribution >= 4 is 11.9 Å². The monoisotopic (exact) mass is 282 g/mol. The van der Waals surface area contributed by atoms with Crippen LogP contribution < -0.4 is 0 Å². The fourth-order valence-electron chi connectivity index (χ4n) is 3.24. The van der Waals surface area contributed by atoms with Gasteiger partial charge in [0.1, 0.15) is 0 Å². The van der Waals surface area contributed by atoms with Crippen LogP contribution in [0.4, 0.5) is 0 Å². The number of piperidine rings is 1. The van der Waals surface area contributed by atoms with Gasteiger partial charge in [-0.05, 0) is 32.4 Å². The molecule has 1 N–H and O–H groups in total. The molecule has 2 rings (SSSR count). The first kappa shape index (κ1) is 15.3. The summed E-state index contributed by atoms with van der Waals surface area (Å²) in [6.07, 6.45) is 4.87. The molecule has 0 aliphatic carbocycles. The van der Waals surface area contributed by atoms with E-state index >= 15 is 0 Å². The van der Waals surface area contributed by atoms with Crippen LogP contribution in [0.2, 0.25) is 0 Å². The molecular weight excluding hydrogens is 256 g/mol. The zero-order chi connectivity index (χ0) is 14.7. The van der Waals surface area contributed by atoms with Gasteiger partial charge in [-0.25, -0.2) is 0 Å². The minimum Gasteiger partial charge on any atom is -0.481 e. The molecule has 114 valence electrons. The van der Waals surface area contributed by atoms with Crippen molar-refractivity contribution in [1.29, 1.82) is 0 Å². The van der Waals surface area contributed by atoms with E-state index < -0.39 is 17.8 Å². The van der Waals surface area contributed by atoms with E-state index in [1.165, 1.54) is 19.3 Å². The maximum atomic E-state index is 12.4. The van der Waals surface area contributed by atoms with Crippen LogP contribution in [0.3, 0.4) is 0 Å². The molecule has 0 radical (unpaired) electrons. The normalized spacial score (nSPS) is 27.3. The van der Waals surface area contributed by atoms with Crippen LogP contribution in [0, 0.1) is 11.8 Å². The summed E-state index contributed by atoms with van der Waals surface area (Å²) in [4.78, 5) is 27.7. The Balaban J connectivity index is 1.88. The second kappa shape index (κ2) is 6.57. The molecule has 0 aromatic carbocycles. The van der Waals surface area contributed by atoms with Gasteiger partial charge >= 0.3 is 5.97 Å². The van der Waals surface area contributed by atoms with E-state index in [0.29, 0.717) is 6.04 Å². The standard InChI is InChI=1S/C15H26N2O3/c1-11(12(2)15(19)20)14(18)17-9-6-13(10-17)16-7-4-3-5-8-16/h11-13H,3-10H2,1-2H3,(H,19,20). The lowest BCUT2D eigenvalue weighted by Crippen LogP contribution is -2.43. The second-order valence-corrected chi connectivity index (χ2v) is 6.24. The highest BCUT2D eigenvalue weighted by molar-refractivity contribution is 5.84. The largest absolute Gasteiger partial charge is 0.481 e. The molecule has 5 heteroatoms. The minimum atomic E-state index is -0.891. The zero-order valence-electron chi connectivity index (χ0n) is 12.5. The van der Waals surface area contributed by atoms with E-state index in [4.69, 9.17) is 5.11 Å². The quantitative estimate of drug-likeness (QED) is 0.847. The molecule has 2 aliphatic heterocycles. The third kappa shape index (κ3) is 3.32. The van der Waals surface area contributed by atoms with E-state index in [2.05, 4.69) is 4.90 Å². The van der Waals surface area contributed by atoms with Crippen molar-refractivity contribution in [3.05, 3.63) is 0 Å². The fourth-order valence-corrected chi connectivity index (χ4v) is 3.24. The summed E-state index contributed by atoms with van der Waals surface area (Å²) in [5.74, 6) is -1.94. The molecule has 0 spiro atoms. The first-order valence-electron chi connectivity index (χ1n) is 7.76. The predicted octanol–water partition coefficient (Wildman–Crippen LogP) is 1.43. The summed E-state index contributed by atoms with van der Waals surface area (Å²) in [5, 5.41) is 9.02. The van der Waals surface area contributed by atoms with E-state index in [1.807, 2.05) is 4.90 Å². The average Bonchev–Trinajstić information content (AvgIpc) is 2.95. The predicted molar refractivity (Wildman–Crippen MR) is 76.4 cm³/mol. The van der Waals surface area contributed by atoms with Crippen molar-refractivity contribution in [2.45, 2.75) is 45.6 Å². The Bertz CT molecular complexity index is 366. The molecule has 2 heterocycles. The number of carboxylic acid groups (broad SMARTS) is 1. The smallest absolute Gasteiger partial charge is 0.307 e. The number of carbonyl (C=O) groups excluding carboxylic acids is 1. The third-order valence-electron chi connectivity index (χ3n) is 4.91. The highest BCUT2D eigenvalue weighted by Gasteiger charge is 2.35. The average molecular weight is 282 g/mol. The van der Waals surface area contributed by atoms with Gasteiger partial charge in [0.25, 0.3) is 0 Å². The van der Waals surface area contributed by atoms with E-state index in [9.17, 15) is 9.59 Å². The molecule has 2 saturated heterocycles. The fraction of sp³-hybridized carbons (Fsp3) is 0.867. The van der Waals surface area contributed by atoms with E-state index in [0.717, 1.165) is 32.6 Å². The SMILES string of the molecule is CC(C(=O)O)C(C)C(=O)N1CCC(N2CCCCC2)C1. The summed E-state index contributed by atoms with van der Waals surface area (Å²) in [6, 6.07) is 0.478. The number of hydrogen-bond acceptors (Lipinski definition) is 3. The summed E-state index contributed by atoms with van der Waals surface area (Å²) in [7, 11) is 0. The van der Waals surface area contributed by atoms with E-state index in [-0.39, 0.29) is 5.91 Å². The Morgan fingerprint density at radius 1 is 1.05 bits per heavy atom. The van der Waals surface area contributed by atoms with Gasteiger partial charge in [-0.2, -0.15) is 0 Å². The molecule has 2 fully saturated rings. The molecule has 3 unspecified atom stereocenters. The number of aliphatic carboxylic acids is 1. The van der Waals surface area contributed by atoms with Gasteiger partial charge in [-0.1, -0.05) is 20.3 Å². The number of rotatable bonds is 4. The number of carboxylic acids is 1. The van der Waals surface area contributed by atoms with Gasteiger partial charge in [0.05, 0.1) is 5.92 Å². The van der Waals surface area contributed by atoms with Crippen LogP contribution in [-0.2, 0) is 9.59 Å². The lowest BCUT2D eigenvalue weighted by molar-refractivity contribution is -0.148. The molecule has 0 saturated carbocycles. The zero-order valence-corrected chi connectivity index (χ0v) is 12.5. The molecule has 5 nitrogen and oxygen atoms in total. The number of nitrogens with zero attached hydrogens (tertiary/aromatic N) is 2. The van der Waals surface area contributed by atoms with Gasteiger partial charge in [0, 0.05) is 25.0 Å². The molecule has 0 aromatic heterocycles. The van der Waals surface area contributed by atoms with Crippen LogP contribution in [-0.4, -0.2) is 59.0 Å². The summed E-state index contributed by atoms with van der Waals surface area (Å²) in [5.41, 5.74) is 0. The first-order valence-corrected chi connectivity index (χ1v) is 7.76. The molecule has 1 amide bonds. The lowest BCUT2D eigenvalue weighted by Gasteiger charge is -2.32. The molecular formula is C15H26N2O3. The van der Waals surface area contributed by atoms with Crippen molar-refractivity contribution in [1.82, 2.24) is 9.80 Å².